The third-order valence-electron chi connectivity index (χ3n) is 5.20. The van der Waals surface area contributed by atoms with Crippen molar-refractivity contribution >= 4 is 23.5 Å². The molecule has 6 nitrogen and oxygen atoms in total. The second kappa shape index (κ2) is 8.47. The molecule has 1 unspecified atom stereocenters. The van der Waals surface area contributed by atoms with Crippen molar-refractivity contribution in [2.75, 3.05) is 5.32 Å². The molecule has 2 N–H and O–H groups in total. The molecular formula is C23H26N2O4. The molecule has 0 aromatic heterocycles. The maximum atomic E-state index is 13.2. The van der Waals surface area contributed by atoms with Crippen molar-refractivity contribution < 1.29 is 19.5 Å². The van der Waals surface area contributed by atoms with Gasteiger partial charge < -0.3 is 15.3 Å². The van der Waals surface area contributed by atoms with Crippen LogP contribution in [-0.4, -0.2) is 33.8 Å². The van der Waals surface area contributed by atoms with E-state index in [-0.39, 0.29) is 23.3 Å². The van der Waals surface area contributed by atoms with Crippen LogP contribution in [0.25, 0.3) is 0 Å². The van der Waals surface area contributed by atoms with Crippen molar-refractivity contribution in [3.63, 3.8) is 0 Å². The van der Waals surface area contributed by atoms with Crippen molar-refractivity contribution in [2.24, 2.45) is 5.92 Å². The molecular weight excluding hydrogens is 368 g/mol. The minimum atomic E-state index is -1.05. The molecule has 1 aliphatic heterocycles. The van der Waals surface area contributed by atoms with E-state index in [0.717, 1.165) is 16.7 Å². The zero-order valence-electron chi connectivity index (χ0n) is 16.9. The standard InChI is InChI=1S/C23H26N2O4/c1-14(2)10-21(26)25-13-18-7-5-4-6-16(18)12-20(25)22(27)24-19-11-17(23(28)29)9-8-15(19)3/h4-9,11,14,20H,10,12-13H2,1-3H3,(H,24,27)(H,28,29). The lowest BCUT2D eigenvalue weighted by Crippen LogP contribution is -2.50. The van der Waals surface area contributed by atoms with Gasteiger partial charge in [0.2, 0.25) is 11.8 Å². The Morgan fingerprint density at radius 2 is 1.83 bits per heavy atom. The number of fused-ring (bicyclic) bond motifs is 1. The van der Waals surface area contributed by atoms with E-state index < -0.39 is 12.0 Å². The number of benzene rings is 2. The van der Waals surface area contributed by atoms with Crippen molar-refractivity contribution in [1.82, 2.24) is 4.90 Å². The second-order valence-electron chi connectivity index (χ2n) is 7.93. The molecule has 3 rings (SSSR count). The molecule has 29 heavy (non-hydrogen) atoms. The molecule has 0 fully saturated rings. The van der Waals surface area contributed by atoms with Gasteiger partial charge in [-0.3, -0.25) is 9.59 Å². The highest BCUT2D eigenvalue weighted by Gasteiger charge is 2.34. The Labute approximate surface area is 170 Å². The molecule has 2 amide bonds. The number of nitrogens with zero attached hydrogens (tertiary/aromatic N) is 1. The first-order chi connectivity index (χ1) is 13.8. The van der Waals surface area contributed by atoms with Gasteiger partial charge in [-0.15, -0.1) is 0 Å². The van der Waals surface area contributed by atoms with Gasteiger partial charge in [-0.05, 0) is 41.7 Å². The summed E-state index contributed by atoms with van der Waals surface area (Å²) in [7, 11) is 0. The summed E-state index contributed by atoms with van der Waals surface area (Å²) in [5.41, 5.74) is 3.42. The van der Waals surface area contributed by atoms with Crippen LogP contribution >= 0.6 is 0 Å². The minimum Gasteiger partial charge on any atom is -0.478 e. The average molecular weight is 394 g/mol. The molecule has 0 spiro atoms. The van der Waals surface area contributed by atoms with Crippen LogP contribution in [0.3, 0.4) is 0 Å². The zero-order valence-corrected chi connectivity index (χ0v) is 16.9. The third kappa shape index (κ3) is 4.65. The smallest absolute Gasteiger partial charge is 0.335 e. The van der Waals surface area contributed by atoms with Crippen LogP contribution in [0.2, 0.25) is 0 Å². The van der Waals surface area contributed by atoms with Crippen molar-refractivity contribution in [3.8, 4) is 0 Å². The Kier molecular flexibility index (Phi) is 6.01. The number of carboxylic acid groups (broad SMARTS) is 1. The number of aromatic carboxylic acids is 1. The predicted molar refractivity (Wildman–Crippen MR) is 111 cm³/mol. The fraction of sp³-hybridized carbons (Fsp3) is 0.348. The fourth-order valence-corrected chi connectivity index (χ4v) is 3.59. The van der Waals surface area contributed by atoms with Gasteiger partial charge in [-0.2, -0.15) is 0 Å². The van der Waals surface area contributed by atoms with E-state index in [1.807, 2.05) is 38.1 Å². The Morgan fingerprint density at radius 3 is 2.48 bits per heavy atom. The molecule has 0 saturated heterocycles. The number of carbonyl (C=O) groups is 3. The molecule has 1 heterocycles. The maximum Gasteiger partial charge on any atom is 0.335 e. The Morgan fingerprint density at radius 1 is 1.14 bits per heavy atom. The van der Waals surface area contributed by atoms with E-state index in [4.69, 9.17) is 0 Å². The Hall–Kier alpha value is -3.15. The van der Waals surface area contributed by atoms with Gasteiger partial charge in [0.05, 0.1) is 5.56 Å². The summed E-state index contributed by atoms with van der Waals surface area (Å²) >= 11 is 0. The number of amides is 2. The number of hydrogen-bond acceptors (Lipinski definition) is 3. The molecule has 0 bridgehead atoms. The second-order valence-corrected chi connectivity index (χ2v) is 7.93. The number of anilines is 1. The van der Waals surface area contributed by atoms with Gasteiger partial charge in [0.15, 0.2) is 0 Å². The topological polar surface area (TPSA) is 86.7 Å². The SMILES string of the molecule is Cc1ccc(C(=O)O)cc1NC(=O)C1Cc2ccccc2CN1C(=O)CC(C)C. The highest BCUT2D eigenvalue weighted by molar-refractivity contribution is 5.99. The number of rotatable bonds is 5. The van der Waals surface area contributed by atoms with Crippen LogP contribution in [0.15, 0.2) is 42.5 Å². The minimum absolute atomic E-state index is 0.0503. The largest absolute Gasteiger partial charge is 0.478 e. The number of carbonyl (C=O) groups excluding carboxylic acids is 2. The maximum absolute atomic E-state index is 13.2. The van der Waals surface area contributed by atoms with E-state index in [9.17, 15) is 19.5 Å². The van der Waals surface area contributed by atoms with Crippen molar-refractivity contribution in [1.29, 1.82) is 0 Å². The number of hydrogen-bond donors (Lipinski definition) is 2. The van der Waals surface area contributed by atoms with Crippen LogP contribution in [0.4, 0.5) is 5.69 Å². The van der Waals surface area contributed by atoms with E-state index in [1.54, 1.807) is 17.9 Å². The van der Waals surface area contributed by atoms with Crippen LogP contribution in [0.5, 0.6) is 0 Å². The van der Waals surface area contributed by atoms with Crippen LogP contribution in [0, 0.1) is 12.8 Å². The van der Waals surface area contributed by atoms with Gasteiger partial charge in [0.1, 0.15) is 6.04 Å². The monoisotopic (exact) mass is 394 g/mol. The normalized spacial score (nSPS) is 15.7. The summed E-state index contributed by atoms with van der Waals surface area (Å²) in [4.78, 5) is 38.9. The lowest BCUT2D eigenvalue weighted by atomic mass is 9.92. The molecule has 6 heteroatoms. The molecule has 2 aromatic rings. The summed E-state index contributed by atoms with van der Waals surface area (Å²) in [6.07, 6.45) is 0.809. The number of carboxylic acids is 1. The molecule has 1 atom stereocenters. The van der Waals surface area contributed by atoms with E-state index in [1.165, 1.54) is 12.1 Å². The molecule has 0 saturated carbocycles. The van der Waals surface area contributed by atoms with Gasteiger partial charge in [0, 0.05) is 25.1 Å². The molecule has 1 aliphatic rings. The van der Waals surface area contributed by atoms with Gasteiger partial charge in [0.25, 0.3) is 0 Å². The van der Waals surface area contributed by atoms with Crippen molar-refractivity contribution in [3.05, 3.63) is 64.7 Å². The molecule has 2 aromatic carbocycles. The molecule has 0 radical (unpaired) electrons. The van der Waals surface area contributed by atoms with E-state index >= 15 is 0 Å². The van der Waals surface area contributed by atoms with Crippen LogP contribution in [-0.2, 0) is 22.6 Å². The van der Waals surface area contributed by atoms with Gasteiger partial charge in [-0.25, -0.2) is 4.79 Å². The van der Waals surface area contributed by atoms with E-state index in [0.29, 0.717) is 25.1 Å². The summed E-state index contributed by atoms with van der Waals surface area (Å²) in [6.45, 7) is 6.16. The zero-order chi connectivity index (χ0) is 21.1. The quantitative estimate of drug-likeness (QED) is 0.811. The predicted octanol–water partition coefficient (Wildman–Crippen LogP) is 3.63. The highest BCUT2D eigenvalue weighted by atomic mass is 16.4. The highest BCUT2D eigenvalue weighted by Crippen LogP contribution is 2.26. The average Bonchev–Trinajstić information content (AvgIpc) is 2.67. The summed E-state index contributed by atoms with van der Waals surface area (Å²) in [5.74, 6) is -1.22. The number of aryl methyl sites for hydroxylation is 1. The van der Waals surface area contributed by atoms with Gasteiger partial charge in [-0.1, -0.05) is 44.2 Å². The summed E-state index contributed by atoms with van der Waals surface area (Å²) in [5, 5.41) is 12.1. The fourth-order valence-electron chi connectivity index (χ4n) is 3.59. The van der Waals surface area contributed by atoms with E-state index in [2.05, 4.69) is 5.32 Å². The first-order valence-corrected chi connectivity index (χ1v) is 9.77. The lowest BCUT2D eigenvalue weighted by Gasteiger charge is -2.36. The molecule has 0 aliphatic carbocycles. The Bertz CT molecular complexity index is 952. The van der Waals surface area contributed by atoms with Crippen LogP contribution in [0.1, 0.15) is 47.3 Å². The first-order valence-electron chi connectivity index (χ1n) is 9.77. The summed E-state index contributed by atoms with van der Waals surface area (Å²) in [6, 6.07) is 11.8. The van der Waals surface area contributed by atoms with Gasteiger partial charge >= 0.3 is 5.97 Å². The van der Waals surface area contributed by atoms with Crippen molar-refractivity contribution in [2.45, 2.75) is 46.2 Å². The third-order valence-corrected chi connectivity index (χ3v) is 5.20. The summed E-state index contributed by atoms with van der Waals surface area (Å²) < 4.78 is 0. The Balaban J connectivity index is 1.89. The first kappa shape index (κ1) is 20.6. The van der Waals surface area contributed by atoms with Crippen LogP contribution < -0.4 is 5.32 Å². The lowest BCUT2D eigenvalue weighted by molar-refractivity contribution is -0.140. The number of nitrogens with one attached hydrogen (secondary N) is 1. The molecule has 152 valence electrons.